The highest BCUT2D eigenvalue weighted by Crippen LogP contribution is 2.42. The molecule has 206 valence electrons. The van der Waals surface area contributed by atoms with Crippen molar-refractivity contribution in [2.24, 2.45) is 0 Å². The number of hydrogen-bond acceptors (Lipinski definition) is 7. The molecule has 9 nitrogen and oxygen atoms in total. The number of aliphatic hydroxyl groups is 1. The lowest BCUT2D eigenvalue weighted by Gasteiger charge is -2.15. The van der Waals surface area contributed by atoms with Crippen LogP contribution in [0.4, 0.5) is 0 Å². The summed E-state index contributed by atoms with van der Waals surface area (Å²) in [7, 11) is -4.37. The average molecular weight is 522 g/mol. The fourth-order valence-corrected chi connectivity index (χ4v) is 3.93. The van der Waals surface area contributed by atoms with Crippen molar-refractivity contribution in [3.05, 3.63) is 12.2 Å². The molecule has 0 aromatic heterocycles. The zero-order valence-electron chi connectivity index (χ0n) is 21.8. The third-order valence-corrected chi connectivity index (χ3v) is 6.23. The number of aliphatic hydroxyl groups excluding tert-OH is 1. The molecule has 0 heterocycles. The maximum absolute atomic E-state index is 11.8. The van der Waals surface area contributed by atoms with Gasteiger partial charge in [0, 0.05) is 19.4 Å². The summed E-state index contributed by atoms with van der Waals surface area (Å²) in [6.45, 7) is 2.86. The maximum atomic E-state index is 11.8. The van der Waals surface area contributed by atoms with Crippen LogP contribution in [0, 0.1) is 0 Å². The summed E-state index contributed by atoms with van der Waals surface area (Å²) in [5.41, 5.74) is 0. The van der Waals surface area contributed by atoms with E-state index >= 15 is 0 Å². The molecule has 1 amide bonds. The number of rotatable bonds is 24. The van der Waals surface area contributed by atoms with Crippen molar-refractivity contribution in [2.45, 2.75) is 110 Å². The number of allylic oxidation sites excluding steroid dienone is 2. The lowest BCUT2D eigenvalue weighted by atomic mass is 10.1. The van der Waals surface area contributed by atoms with Gasteiger partial charge in [-0.2, -0.15) is 0 Å². The lowest BCUT2D eigenvalue weighted by molar-refractivity contribution is -0.146. The van der Waals surface area contributed by atoms with Crippen LogP contribution < -0.4 is 5.32 Å². The van der Waals surface area contributed by atoms with Gasteiger partial charge in [0.1, 0.15) is 12.7 Å². The van der Waals surface area contributed by atoms with Crippen molar-refractivity contribution in [1.82, 2.24) is 5.32 Å². The number of nitrogens with one attached hydrogen (secondary N) is 1. The third-order valence-electron chi connectivity index (χ3n) is 5.25. The first kappa shape index (κ1) is 33.8. The Labute approximate surface area is 211 Å². The van der Waals surface area contributed by atoms with E-state index in [1.807, 2.05) is 0 Å². The highest BCUT2D eigenvalue weighted by Gasteiger charge is 2.23. The molecule has 0 aromatic carbocycles. The Hall–Kier alpha value is -1.25. The van der Waals surface area contributed by atoms with Gasteiger partial charge in [0.25, 0.3) is 0 Å². The lowest BCUT2D eigenvalue weighted by Crippen LogP contribution is -2.27. The number of esters is 1. The second kappa shape index (κ2) is 23.2. The maximum Gasteiger partial charge on any atom is 0.472 e. The van der Waals surface area contributed by atoms with E-state index in [4.69, 9.17) is 9.26 Å². The number of carbonyl (C=O) groups is 2. The van der Waals surface area contributed by atoms with Crippen LogP contribution in [0.25, 0.3) is 0 Å². The van der Waals surface area contributed by atoms with Gasteiger partial charge in [-0.15, -0.1) is 0 Å². The molecule has 0 rings (SSSR count). The predicted octanol–water partition coefficient (Wildman–Crippen LogP) is 5.20. The molecule has 0 fully saturated rings. The van der Waals surface area contributed by atoms with Crippen LogP contribution in [0.1, 0.15) is 104 Å². The normalized spacial score (nSPS) is 14.1. The second-order valence-electron chi connectivity index (χ2n) is 8.62. The fraction of sp³-hybridized carbons (Fsp3) is 0.840. The summed E-state index contributed by atoms with van der Waals surface area (Å²) >= 11 is 0. The number of hydrogen-bond donors (Lipinski definition) is 3. The molecule has 0 bridgehead atoms. The molecule has 0 saturated heterocycles. The second-order valence-corrected chi connectivity index (χ2v) is 10.1. The Kier molecular flexibility index (Phi) is 22.3. The first-order valence-corrected chi connectivity index (χ1v) is 14.7. The highest BCUT2D eigenvalue weighted by molar-refractivity contribution is 7.47. The van der Waals surface area contributed by atoms with Crippen LogP contribution >= 0.6 is 7.82 Å². The van der Waals surface area contributed by atoms with Crippen molar-refractivity contribution in [2.75, 3.05) is 26.4 Å². The van der Waals surface area contributed by atoms with Gasteiger partial charge in [-0.25, -0.2) is 4.57 Å². The molecule has 3 N–H and O–H groups in total. The van der Waals surface area contributed by atoms with E-state index < -0.39 is 26.5 Å². The number of phosphoric acid groups is 1. The monoisotopic (exact) mass is 521 g/mol. The van der Waals surface area contributed by atoms with E-state index in [1.54, 1.807) is 6.92 Å². The standard InChI is InChI=1S/C25H48NO8P/c1-3-5-6-7-8-9-10-11-12-13-14-15-16-17-18-24(28)26-19-20-33-35(30,31)34-22-23(27)21-32-25(29)4-2/h10-11,23,27H,3-9,12-22H2,1-2H3,(H,26,28)(H,30,31)/b11-10-. The van der Waals surface area contributed by atoms with Crippen LogP contribution in [-0.4, -0.2) is 54.3 Å². The van der Waals surface area contributed by atoms with Crippen LogP contribution in [0.2, 0.25) is 0 Å². The number of amides is 1. The Morgan fingerprint density at radius 1 is 0.886 bits per heavy atom. The molecule has 0 aliphatic heterocycles. The molecule has 35 heavy (non-hydrogen) atoms. The summed E-state index contributed by atoms with van der Waals surface area (Å²) in [6, 6.07) is 0. The fourth-order valence-electron chi connectivity index (χ4n) is 3.18. The smallest absolute Gasteiger partial charge is 0.463 e. The third kappa shape index (κ3) is 24.2. The van der Waals surface area contributed by atoms with Gasteiger partial charge >= 0.3 is 13.8 Å². The number of carbonyl (C=O) groups excluding carboxylic acids is 2. The summed E-state index contributed by atoms with van der Waals surface area (Å²) in [6.07, 6.45) is 18.1. The summed E-state index contributed by atoms with van der Waals surface area (Å²) in [4.78, 5) is 32.4. The van der Waals surface area contributed by atoms with Gasteiger partial charge < -0.3 is 20.1 Å². The van der Waals surface area contributed by atoms with Crippen molar-refractivity contribution in [3.8, 4) is 0 Å². The van der Waals surface area contributed by atoms with Gasteiger partial charge in [-0.05, 0) is 32.1 Å². The first-order chi connectivity index (χ1) is 16.8. The van der Waals surface area contributed by atoms with Gasteiger partial charge in [0.2, 0.25) is 5.91 Å². The van der Waals surface area contributed by atoms with E-state index in [2.05, 4.69) is 28.9 Å². The molecule has 0 radical (unpaired) electrons. The zero-order valence-corrected chi connectivity index (χ0v) is 22.6. The zero-order chi connectivity index (χ0) is 26.2. The van der Waals surface area contributed by atoms with Crippen molar-refractivity contribution in [1.29, 1.82) is 0 Å². The van der Waals surface area contributed by atoms with Gasteiger partial charge in [-0.3, -0.25) is 18.6 Å². The predicted molar refractivity (Wildman–Crippen MR) is 137 cm³/mol. The number of unbranched alkanes of at least 4 members (excludes halogenated alkanes) is 10. The molecular formula is C25H48NO8P. The molecule has 2 atom stereocenters. The largest absolute Gasteiger partial charge is 0.472 e. The molecule has 10 heteroatoms. The minimum absolute atomic E-state index is 0.0777. The minimum atomic E-state index is -4.37. The molecule has 0 aromatic rings. The van der Waals surface area contributed by atoms with E-state index in [1.165, 1.54) is 44.9 Å². The number of phosphoric ester groups is 1. The quantitative estimate of drug-likeness (QED) is 0.0684. The Bertz CT molecular complexity index is 614. The summed E-state index contributed by atoms with van der Waals surface area (Å²) in [5.74, 6) is -0.618. The molecule has 0 spiro atoms. The molecule has 0 aliphatic carbocycles. The molecule has 2 unspecified atom stereocenters. The number of ether oxygens (including phenoxy) is 1. The van der Waals surface area contributed by atoms with Crippen LogP contribution in [-0.2, 0) is 27.9 Å². The average Bonchev–Trinajstić information content (AvgIpc) is 2.84. The Morgan fingerprint density at radius 3 is 2.11 bits per heavy atom. The topological polar surface area (TPSA) is 131 Å². The van der Waals surface area contributed by atoms with Crippen molar-refractivity contribution in [3.63, 3.8) is 0 Å². The van der Waals surface area contributed by atoms with Gasteiger partial charge in [-0.1, -0.05) is 70.9 Å². The Balaban J connectivity index is 3.58. The first-order valence-electron chi connectivity index (χ1n) is 13.2. The van der Waals surface area contributed by atoms with E-state index in [-0.39, 0.29) is 32.1 Å². The summed E-state index contributed by atoms with van der Waals surface area (Å²) in [5, 5.41) is 12.2. The van der Waals surface area contributed by atoms with E-state index in [0.29, 0.717) is 6.42 Å². The molecule has 0 aliphatic rings. The van der Waals surface area contributed by atoms with Gasteiger partial charge in [0.15, 0.2) is 0 Å². The van der Waals surface area contributed by atoms with Crippen LogP contribution in [0.15, 0.2) is 12.2 Å². The van der Waals surface area contributed by atoms with Gasteiger partial charge in [0.05, 0.1) is 13.2 Å². The van der Waals surface area contributed by atoms with Crippen molar-refractivity contribution < 1.29 is 37.9 Å². The highest BCUT2D eigenvalue weighted by atomic mass is 31.2. The SMILES string of the molecule is CCCCCCC/C=C\CCCCCCCC(=O)NCCOP(=O)(O)OCC(O)COC(=O)CC. The Morgan fingerprint density at radius 2 is 1.49 bits per heavy atom. The molecule has 0 saturated carbocycles. The van der Waals surface area contributed by atoms with E-state index in [0.717, 1.165) is 32.1 Å². The summed E-state index contributed by atoms with van der Waals surface area (Å²) < 4.78 is 25.9. The molecular weight excluding hydrogens is 473 g/mol. The van der Waals surface area contributed by atoms with Crippen LogP contribution in [0.3, 0.4) is 0 Å². The van der Waals surface area contributed by atoms with E-state index in [9.17, 15) is 24.2 Å². The minimum Gasteiger partial charge on any atom is -0.463 e. The van der Waals surface area contributed by atoms with Crippen LogP contribution in [0.5, 0.6) is 0 Å². The van der Waals surface area contributed by atoms with Crippen molar-refractivity contribution >= 4 is 19.7 Å².